The summed E-state index contributed by atoms with van der Waals surface area (Å²) in [7, 11) is 0. The summed E-state index contributed by atoms with van der Waals surface area (Å²) in [5.74, 6) is -1.14. The lowest BCUT2D eigenvalue weighted by atomic mass is 9.72. The fourth-order valence-electron chi connectivity index (χ4n) is 4.13. The monoisotopic (exact) mass is 365 g/mol. The number of rotatable bonds is 3. The summed E-state index contributed by atoms with van der Waals surface area (Å²) in [6.07, 6.45) is 1.80. The van der Waals surface area contributed by atoms with Crippen molar-refractivity contribution in [2.24, 2.45) is 11.8 Å². The van der Waals surface area contributed by atoms with Crippen molar-refractivity contribution in [1.29, 1.82) is 0 Å². The Morgan fingerprint density at radius 2 is 2.00 bits per heavy atom. The van der Waals surface area contributed by atoms with Gasteiger partial charge in [-0.25, -0.2) is 0 Å². The fraction of sp³-hybridized carbons (Fsp3) is 0.579. The molecule has 2 aliphatic heterocycles. The van der Waals surface area contributed by atoms with E-state index in [9.17, 15) is 14.7 Å². The van der Waals surface area contributed by atoms with Crippen molar-refractivity contribution in [2.45, 2.75) is 31.6 Å². The van der Waals surface area contributed by atoms with Gasteiger partial charge in [0.1, 0.15) is 0 Å². The van der Waals surface area contributed by atoms with Gasteiger partial charge in [-0.1, -0.05) is 30.7 Å². The van der Waals surface area contributed by atoms with Gasteiger partial charge in [0.15, 0.2) is 0 Å². The average Bonchev–Trinajstić information content (AvgIpc) is 2.61. The number of benzene rings is 1. The molecule has 2 unspecified atom stereocenters. The lowest BCUT2D eigenvalue weighted by Crippen LogP contribution is -2.54. The van der Waals surface area contributed by atoms with E-state index in [1.807, 2.05) is 25.1 Å². The van der Waals surface area contributed by atoms with Crippen molar-refractivity contribution in [3.05, 3.63) is 34.9 Å². The van der Waals surface area contributed by atoms with Gasteiger partial charge in [-0.15, -0.1) is 0 Å². The summed E-state index contributed by atoms with van der Waals surface area (Å²) in [5, 5.41) is 10.0. The standard InChI is InChI=1S/C19H24ClNO4/c1-13-9-14(17(22)23)12-21(11-13)18(24)19(5-7-25-8-6-19)15-3-2-4-16(20)10-15/h2-4,10,13-14H,5-9,11-12H2,1H3,(H,22,23). The molecule has 0 saturated carbocycles. The van der Waals surface area contributed by atoms with E-state index in [2.05, 4.69) is 0 Å². The van der Waals surface area contributed by atoms with Gasteiger partial charge >= 0.3 is 5.97 Å². The molecule has 25 heavy (non-hydrogen) atoms. The predicted molar refractivity (Wildman–Crippen MR) is 94.7 cm³/mol. The highest BCUT2D eigenvalue weighted by Gasteiger charge is 2.46. The van der Waals surface area contributed by atoms with Crippen molar-refractivity contribution in [3.8, 4) is 0 Å². The Balaban J connectivity index is 1.93. The third-order valence-electron chi connectivity index (χ3n) is 5.43. The van der Waals surface area contributed by atoms with Crippen LogP contribution in [0, 0.1) is 11.8 Å². The molecule has 6 heteroatoms. The molecule has 2 heterocycles. The normalized spacial score (nSPS) is 26.2. The first-order valence-electron chi connectivity index (χ1n) is 8.78. The molecule has 1 amide bonds. The molecule has 5 nitrogen and oxygen atoms in total. The number of likely N-dealkylation sites (tertiary alicyclic amines) is 1. The first-order valence-corrected chi connectivity index (χ1v) is 9.16. The first kappa shape index (κ1) is 18.2. The molecular formula is C19H24ClNO4. The number of hydrogen-bond donors (Lipinski definition) is 1. The summed E-state index contributed by atoms with van der Waals surface area (Å²) < 4.78 is 5.50. The minimum Gasteiger partial charge on any atom is -0.481 e. The van der Waals surface area contributed by atoms with Gasteiger partial charge in [0.25, 0.3) is 0 Å². The second-order valence-corrected chi connectivity index (χ2v) is 7.73. The van der Waals surface area contributed by atoms with Crippen LogP contribution in [0.2, 0.25) is 5.02 Å². The first-order chi connectivity index (χ1) is 11.9. The zero-order valence-electron chi connectivity index (χ0n) is 14.4. The third-order valence-corrected chi connectivity index (χ3v) is 5.66. The average molecular weight is 366 g/mol. The van der Waals surface area contributed by atoms with Crippen molar-refractivity contribution in [2.75, 3.05) is 26.3 Å². The third kappa shape index (κ3) is 3.67. The molecular weight excluding hydrogens is 342 g/mol. The van der Waals surface area contributed by atoms with Crippen LogP contribution in [0.4, 0.5) is 0 Å². The number of hydrogen-bond acceptors (Lipinski definition) is 3. The number of amides is 1. The maximum Gasteiger partial charge on any atom is 0.308 e. The smallest absolute Gasteiger partial charge is 0.308 e. The minimum atomic E-state index is -0.826. The Hall–Kier alpha value is -1.59. The molecule has 0 aromatic heterocycles. The van der Waals surface area contributed by atoms with Gasteiger partial charge in [-0.05, 0) is 42.9 Å². The van der Waals surface area contributed by atoms with Crippen LogP contribution in [-0.4, -0.2) is 48.2 Å². The molecule has 2 atom stereocenters. The number of carbonyl (C=O) groups is 2. The van der Waals surface area contributed by atoms with Crippen LogP contribution < -0.4 is 0 Å². The Morgan fingerprint density at radius 1 is 1.28 bits per heavy atom. The largest absolute Gasteiger partial charge is 0.481 e. The van der Waals surface area contributed by atoms with E-state index >= 15 is 0 Å². The molecule has 3 rings (SSSR count). The molecule has 0 spiro atoms. The summed E-state index contributed by atoms with van der Waals surface area (Å²) in [6, 6.07) is 7.46. The zero-order valence-corrected chi connectivity index (χ0v) is 15.2. The number of piperidine rings is 1. The quantitative estimate of drug-likeness (QED) is 0.894. The summed E-state index contributed by atoms with van der Waals surface area (Å²) >= 11 is 6.17. The van der Waals surface area contributed by atoms with E-state index in [0.717, 1.165) is 5.56 Å². The Bertz CT molecular complexity index is 657. The molecule has 2 fully saturated rings. The van der Waals surface area contributed by atoms with Crippen LogP contribution in [0.1, 0.15) is 31.7 Å². The second-order valence-electron chi connectivity index (χ2n) is 7.29. The van der Waals surface area contributed by atoms with E-state index in [-0.39, 0.29) is 18.4 Å². The van der Waals surface area contributed by atoms with E-state index in [4.69, 9.17) is 16.3 Å². The highest BCUT2D eigenvalue weighted by atomic mass is 35.5. The van der Waals surface area contributed by atoms with Crippen LogP contribution in [-0.2, 0) is 19.7 Å². The molecule has 1 N–H and O–H groups in total. The number of carbonyl (C=O) groups excluding carboxylic acids is 1. The zero-order chi connectivity index (χ0) is 18.0. The summed E-state index contributed by atoms with van der Waals surface area (Å²) in [5.41, 5.74) is 0.224. The minimum absolute atomic E-state index is 0.0101. The van der Waals surface area contributed by atoms with Crippen LogP contribution in [0.3, 0.4) is 0 Å². The molecule has 0 bridgehead atoms. The number of halogens is 1. The molecule has 136 valence electrons. The molecule has 2 saturated heterocycles. The van der Waals surface area contributed by atoms with Crippen LogP contribution in [0.5, 0.6) is 0 Å². The van der Waals surface area contributed by atoms with Gasteiger partial charge in [0, 0.05) is 31.3 Å². The maximum atomic E-state index is 13.5. The number of ether oxygens (including phenoxy) is 1. The molecule has 1 aromatic carbocycles. The van der Waals surface area contributed by atoms with E-state index < -0.39 is 17.3 Å². The van der Waals surface area contributed by atoms with Crippen LogP contribution >= 0.6 is 11.6 Å². The second kappa shape index (κ2) is 7.34. The van der Waals surface area contributed by atoms with Crippen LogP contribution in [0.25, 0.3) is 0 Å². The number of nitrogens with zero attached hydrogens (tertiary/aromatic N) is 1. The molecule has 0 aliphatic carbocycles. The predicted octanol–water partition coefficient (Wildman–Crippen LogP) is 2.96. The van der Waals surface area contributed by atoms with Crippen LogP contribution in [0.15, 0.2) is 24.3 Å². The van der Waals surface area contributed by atoms with Gasteiger partial charge < -0.3 is 14.7 Å². The van der Waals surface area contributed by atoms with Gasteiger partial charge in [-0.2, -0.15) is 0 Å². The lowest BCUT2D eigenvalue weighted by Gasteiger charge is -2.43. The van der Waals surface area contributed by atoms with E-state index in [1.165, 1.54) is 0 Å². The summed E-state index contributed by atoms with van der Waals surface area (Å²) in [6.45, 7) is 3.92. The Labute approximate surface area is 152 Å². The van der Waals surface area contributed by atoms with Gasteiger partial charge in [0.05, 0.1) is 11.3 Å². The molecule has 2 aliphatic rings. The van der Waals surface area contributed by atoms with E-state index in [0.29, 0.717) is 44.0 Å². The van der Waals surface area contributed by atoms with Crippen molar-refractivity contribution in [1.82, 2.24) is 4.90 Å². The number of carboxylic acids is 1. The van der Waals surface area contributed by atoms with Gasteiger partial charge in [0.2, 0.25) is 5.91 Å². The SMILES string of the molecule is CC1CC(C(=O)O)CN(C(=O)C2(c3cccc(Cl)c3)CCOCC2)C1. The Kier molecular flexibility index (Phi) is 5.35. The topological polar surface area (TPSA) is 66.8 Å². The molecule has 0 radical (unpaired) electrons. The lowest BCUT2D eigenvalue weighted by molar-refractivity contribution is -0.150. The van der Waals surface area contributed by atoms with Crippen molar-refractivity contribution >= 4 is 23.5 Å². The molecule has 1 aromatic rings. The maximum absolute atomic E-state index is 13.5. The number of aliphatic carboxylic acids is 1. The fourth-order valence-corrected chi connectivity index (χ4v) is 4.32. The van der Waals surface area contributed by atoms with Gasteiger partial charge in [-0.3, -0.25) is 9.59 Å². The number of carboxylic acid groups (broad SMARTS) is 1. The van der Waals surface area contributed by atoms with E-state index in [1.54, 1.807) is 11.0 Å². The Morgan fingerprint density at radius 3 is 2.64 bits per heavy atom. The van der Waals surface area contributed by atoms with Crippen molar-refractivity contribution < 1.29 is 19.4 Å². The highest BCUT2D eigenvalue weighted by molar-refractivity contribution is 6.30. The van der Waals surface area contributed by atoms with Crippen molar-refractivity contribution in [3.63, 3.8) is 0 Å². The summed E-state index contributed by atoms with van der Waals surface area (Å²) in [4.78, 5) is 26.7. The highest BCUT2D eigenvalue weighted by Crippen LogP contribution is 2.39.